The lowest BCUT2D eigenvalue weighted by Crippen LogP contribution is -2.41. The van der Waals surface area contributed by atoms with E-state index in [2.05, 4.69) is 5.32 Å². The molecule has 1 atom stereocenters. The van der Waals surface area contributed by atoms with Gasteiger partial charge in [-0.3, -0.25) is 4.79 Å². The normalized spacial score (nSPS) is 17.8. The smallest absolute Gasteiger partial charge is 0.268 e. The summed E-state index contributed by atoms with van der Waals surface area (Å²) in [6.07, 6.45) is 4.42. The Kier molecular flexibility index (Phi) is 4.73. The molecule has 20 heavy (non-hydrogen) atoms. The van der Waals surface area contributed by atoms with Crippen molar-refractivity contribution in [3.63, 3.8) is 0 Å². The van der Waals surface area contributed by atoms with Crippen LogP contribution in [0, 0.1) is 0 Å². The summed E-state index contributed by atoms with van der Waals surface area (Å²) in [7, 11) is 1.58. The van der Waals surface area contributed by atoms with E-state index in [4.69, 9.17) is 16.3 Å². The molecule has 2 N–H and O–H groups in total. The van der Waals surface area contributed by atoms with E-state index < -0.39 is 5.60 Å². The maximum atomic E-state index is 12.2. The van der Waals surface area contributed by atoms with Gasteiger partial charge in [0.05, 0.1) is 10.6 Å². The van der Waals surface area contributed by atoms with Gasteiger partial charge in [0.1, 0.15) is 5.69 Å². The minimum Gasteiger partial charge on any atom is -0.388 e. The van der Waals surface area contributed by atoms with Crippen molar-refractivity contribution in [2.24, 2.45) is 0 Å². The molecule has 2 rings (SSSR count). The summed E-state index contributed by atoms with van der Waals surface area (Å²) >= 11 is 5.97. The molecule has 0 spiro atoms. The van der Waals surface area contributed by atoms with Gasteiger partial charge in [0.25, 0.3) is 5.91 Å². The molecule has 0 bridgehead atoms. The Morgan fingerprint density at radius 2 is 2.35 bits per heavy atom. The number of hydrogen-bond donors (Lipinski definition) is 2. The second-order valence-electron chi connectivity index (χ2n) is 5.60. The highest BCUT2D eigenvalue weighted by Crippen LogP contribution is 2.37. The van der Waals surface area contributed by atoms with Gasteiger partial charge in [-0.1, -0.05) is 11.6 Å². The van der Waals surface area contributed by atoms with E-state index in [0.29, 0.717) is 29.8 Å². The third-order valence-corrected chi connectivity index (χ3v) is 3.67. The number of amides is 1. The second kappa shape index (κ2) is 6.16. The van der Waals surface area contributed by atoms with E-state index in [1.54, 1.807) is 26.3 Å². The van der Waals surface area contributed by atoms with Crippen LogP contribution in [0.4, 0.5) is 0 Å². The minimum absolute atomic E-state index is 0.183. The van der Waals surface area contributed by atoms with Crippen molar-refractivity contribution in [2.75, 3.05) is 20.3 Å². The zero-order chi connectivity index (χ0) is 14.8. The summed E-state index contributed by atoms with van der Waals surface area (Å²) in [6.45, 7) is 2.31. The first-order chi connectivity index (χ1) is 9.43. The molecule has 0 radical (unpaired) electrons. The number of aliphatic hydroxyl groups is 1. The number of nitrogens with zero attached hydrogens (tertiary/aromatic N) is 1. The molecule has 1 aromatic rings. The van der Waals surface area contributed by atoms with Crippen molar-refractivity contribution in [3.05, 3.63) is 23.0 Å². The van der Waals surface area contributed by atoms with Crippen LogP contribution in [0.25, 0.3) is 0 Å². The summed E-state index contributed by atoms with van der Waals surface area (Å²) in [5.41, 5.74) is -0.424. The molecule has 6 heteroatoms. The van der Waals surface area contributed by atoms with Gasteiger partial charge >= 0.3 is 0 Å². The molecule has 0 aromatic carbocycles. The molecular formula is C14H21ClN2O3. The zero-order valence-electron chi connectivity index (χ0n) is 11.9. The Labute approximate surface area is 123 Å². The summed E-state index contributed by atoms with van der Waals surface area (Å²) in [5.74, 6) is -0.207. The van der Waals surface area contributed by atoms with Crippen LogP contribution in [-0.4, -0.2) is 41.4 Å². The highest BCUT2D eigenvalue weighted by molar-refractivity contribution is 6.31. The van der Waals surface area contributed by atoms with Gasteiger partial charge in [-0.05, 0) is 25.8 Å². The monoisotopic (exact) mass is 300 g/mol. The topological polar surface area (TPSA) is 63.5 Å². The van der Waals surface area contributed by atoms with E-state index in [1.165, 1.54) is 0 Å². The number of rotatable bonds is 7. The largest absolute Gasteiger partial charge is 0.388 e. The Hall–Kier alpha value is -1.04. The standard InChI is InChI=1S/C14H21ClN2O3/c1-14(19,5-6-20-2)9-16-13(18)12-7-10(15)8-17(12)11-3-4-11/h7-8,11,19H,3-6,9H2,1-2H3,(H,16,18). The summed E-state index contributed by atoms with van der Waals surface area (Å²) in [6, 6.07) is 2.05. The van der Waals surface area contributed by atoms with Crippen molar-refractivity contribution in [2.45, 2.75) is 37.8 Å². The molecule has 1 unspecified atom stereocenters. The van der Waals surface area contributed by atoms with Crippen molar-refractivity contribution in [1.82, 2.24) is 9.88 Å². The maximum Gasteiger partial charge on any atom is 0.268 e. The molecular weight excluding hydrogens is 280 g/mol. The van der Waals surface area contributed by atoms with Crippen LogP contribution >= 0.6 is 11.6 Å². The average molecular weight is 301 g/mol. The number of nitrogens with one attached hydrogen (secondary N) is 1. The van der Waals surface area contributed by atoms with E-state index in [1.807, 2.05) is 4.57 Å². The highest BCUT2D eigenvalue weighted by atomic mass is 35.5. The SMILES string of the molecule is COCCC(C)(O)CNC(=O)c1cc(Cl)cn1C1CC1. The fourth-order valence-electron chi connectivity index (χ4n) is 2.05. The van der Waals surface area contributed by atoms with Gasteiger partial charge in [0.15, 0.2) is 0 Å². The molecule has 5 nitrogen and oxygen atoms in total. The zero-order valence-corrected chi connectivity index (χ0v) is 12.6. The van der Waals surface area contributed by atoms with Crippen molar-refractivity contribution >= 4 is 17.5 Å². The Morgan fingerprint density at radius 3 is 2.95 bits per heavy atom. The Morgan fingerprint density at radius 1 is 1.65 bits per heavy atom. The molecule has 1 amide bonds. The molecule has 1 aliphatic carbocycles. The Balaban J connectivity index is 1.95. The third-order valence-electron chi connectivity index (χ3n) is 3.46. The average Bonchev–Trinajstić information content (AvgIpc) is 3.17. The number of methoxy groups -OCH3 is 1. The van der Waals surface area contributed by atoms with Crippen LogP contribution in [0.15, 0.2) is 12.3 Å². The lowest BCUT2D eigenvalue weighted by atomic mass is 10.0. The number of halogens is 1. The van der Waals surface area contributed by atoms with Gasteiger partial charge in [-0.2, -0.15) is 0 Å². The van der Waals surface area contributed by atoms with E-state index >= 15 is 0 Å². The first kappa shape index (κ1) is 15.4. The summed E-state index contributed by atoms with van der Waals surface area (Å²) < 4.78 is 6.86. The minimum atomic E-state index is -0.980. The van der Waals surface area contributed by atoms with Crippen LogP contribution in [0.3, 0.4) is 0 Å². The fourth-order valence-corrected chi connectivity index (χ4v) is 2.26. The second-order valence-corrected chi connectivity index (χ2v) is 6.04. The van der Waals surface area contributed by atoms with Gasteiger partial charge in [0.2, 0.25) is 0 Å². The molecule has 1 fully saturated rings. The van der Waals surface area contributed by atoms with Crippen LogP contribution in [0.5, 0.6) is 0 Å². The van der Waals surface area contributed by atoms with Crippen LogP contribution in [0.2, 0.25) is 5.02 Å². The van der Waals surface area contributed by atoms with E-state index in [9.17, 15) is 9.90 Å². The summed E-state index contributed by atoms with van der Waals surface area (Å²) in [5, 5.41) is 13.4. The lowest BCUT2D eigenvalue weighted by molar-refractivity contribution is 0.0242. The van der Waals surface area contributed by atoms with Crippen molar-refractivity contribution < 1.29 is 14.6 Å². The molecule has 0 aliphatic heterocycles. The van der Waals surface area contributed by atoms with Crippen LogP contribution in [-0.2, 0) is 4.74 Å². The number of hydrogen-bond acceptors (Lipinski definition) is 3. The molecule has 112 valence electrons. The van der Waals surface area contributed by atoms with Gasteiger partial charge in [-0.25, -0.2) is 0 Å². The first-order valence-corrected chi connectivity index (χ1v) is 7.17. The first-order valence-electron chi connectivity index (χ1n) is 6.80. The van der Waals surface area contributed by atoms with Crippen molar-refractivity contribution in [3.8, 4) is 0 Å². The molecule has 0 saturated heterocycles. The molecule has 1 heterocycles. The Bertz CT molecular complexity index is 481. The molecule has 1 saturated carbocycles. The fraction of sp³-hybridized carbons (Fsp3) is 0.643. The predicted molar refractivity (Wildman–Crippen MR) is 77.2 cm³/mol. The van der Waals surface area contributed by atoms with E-state index in [-0.39, 0.29) is 12.5 Å². The number of ether oxygens (including phenoxy) is 1. The molecule has 1 aliphatic rings. The number of carbonyl (C=O) groups excluding carboxylic acids is 1. The predicted octanol–water partition coefficient (Wildman–Crippen LogP) is 1.99. The van der Waals surface area contributed by atoms with Gasteiger partial charge in [-0.15, -0.1) is 0 Å². The van der Waals surface area contributed by atoms with Crippen molar-refractivity contribution in [1.29, 1.82) is 0 Å². The quantitative estimate of drug-likeness (QED) is 0.809. The van der Waals surface area contributed by atoms with Gasteiger partial charge in [0, 0.05) is 38.9 Å². The molecule has 1 aromatic heterocycles. The van der Waals surface area contributed by atoms with Gasteiger partial charge < -0.3 is 19.7 Å². The maximum absolute atomic E-state index is 12.2. The number of carbonyl (C=O) groups is 1. The third kappa shape index (κ3) is 3.98. The highest BCUT2D eigenvalue weighted by Gasteiger charge is 2.28. The lowest BCUT2D eigenvalue weighted by Gasteiger charge is -2.23. The number of aromatic nitrogens is 1. The van der Waals surface area contributed by atoms with Crippen LogP contribution < -0.4 is 5.32 Å². The van der Waals surface area contributed by atoms with Crippen LogP contribution in [0.1, 0.15) is 42.7 Å². The summed E-state index contributed by atoms with van der Waals surface area (Å²) in [4.78, 5) is 12.2. The van der Waals surface area contributed by atoms with E-state index in [0.717, 1.165) is 12.8 Å².